The number of amides is 1. The van der Waals surface area contributed by atoms with E-state index in [0.29, 0.717) is 0 Å². The Morgan fingerprint density at radius 1 is 1.31 bits per heavy atom. The highest BCUT2D eigenvalue weighted by Gasteiger charge is 2.11. The lowest BCUT2D eigenvalue weighted by Gasteiger charge is -2.15. The van der Waals surface area contributed by atoms with Crippen LogP contribution in [0.4, 0.5) is 4.79 Å². The number of ether oxygens (including phenoxy) is 1. The third kappa shape index (κ3) is 4.82. The van der Waals surface area contributed by atoms with Crippen LogP contribution in [0.1, 0.15) is 31.7 Å². The molecule has 0 heterocycles. The van der Waals surface area contributed by atoms with E-state index in [2.05, 4.69) is 19.1 Å². The smallest absolute Gasteiger partial charge is 0.404 e. The molecule has 0 saturated carbocycles. The van der Waals surface area contributed by atoms with Gasteiger partial charge in [-0.05, 0) is 24.8 Å². The molecule has 3 heteroatoms. The van der Waals surface area contributed by atoms with Gasteiger partial charge < -0.3 is 10.5 Å². The van der Waals surface area contributed by atoms with Gasteiger partial charge in [-0.15, -0.1) is 0 Å². The van der Waals surface area contributed by atoms with Crippen molar-refractivity contribution in [3.05, 3.63) is 35.9 Å². The first kappa shape index (κ1) is 12.6. The van der Waals surface area contributed by atoms with Gasteiger partial charge in [-0.3, -0.25) is 0 Å². The quantitative estimate of drug-likeness (QED) is 0.803. The van der Waals surface area contributed by atoms with E-state index in [1.165, 1.54) is 5.56 Å². The molecule has 16 heavy (non-hydrogen) atoms. The molecule has 1 aromatic rings. The molecule has 1 amide bonds. The molecule has 0 spiro atoms. The summed E-state index contributed by atoms with van der Waals surface area (Å²) in [4.78, 5) is 10.7. The number of nitrogens with two attached hydrogens (primary N) is 1. The van der Waals surface area contributed by atoms with E-state index in [0.717, 1.165) is 25.7 Å². The molecular weight excluding hydrogens is 202 g/mol. The number of carbonyl (C=O) groups is 1. The molecule has 1 atom stereocenters. The first-order chi connectivity index (χ1) is 7.72. The van der Waals surface area contributed by atoms with Crippen molar-refractivity contribution in [2.45, 2.75) is 38.7 Å². The number of carbonyl (C=O) groups excluding carboxylic acids is 1. The van der Waals surface area contributed by atoms with Crippen molar-refractivity contribution in [3.8, 4) is 0 Å². The van der Waals surface area contributed by atoms with Crippen LogP contribution < -0.4 is 5.73 Å². The zero-order valence-electron chi connectivity index (χ0n) is 9.69. The maximum absolute atomic E-state index is 10.7. The maximum Gasteiger partial charge on any atom is 0.404 e. The Morgan fingerprint density at radius 3 is 2.56 bits per heavy atom. The summed E-state index contributed by atoms with van der Waals surface area (Å²) in [6.45, 7) is 2.07. The van der Waals surface area contributed by atoms with Crippen LogP contribution in [-0.4, -0.2) is 12.2 Å². The predicted octanol–water partition coefficient (Wildman–Crippen LogP) is 2.88. The van der Waals surface area contributed by atoms with Crippen LogP contribution in [0, 0.1) is 0 Å². The summed E-state index contributed by atoms with van der Waals surface area (Å²) in [7, 11) is 0. The Hall–Kier alpha value is -1.51. The SMILES string of the molecule is CCCC(CCc1ccccc1)OC(N)=O. The second-order valence-electron chi connectivity index (χ2n) is 3.87. The predicted molar refractivity (Wildman–Crippen MR) is 64.1 cm³/mol. The second kappa shape index (κ2) is 6.88. The molecule has 2 N–H and O–H groups in total. The van der Waals surface area contributed by atoms with Crippen LogP contribution >= 0.6 is 0 Å². The van der Waals surface area contributed by atoms with Gasteiger partial charge >= 0.3 is 6.09 Å². The van der Waals surface area contributed by atoms with E-state index in [-0.39, 0.29) is 6.10 Å². The minimum absolute atomic E-state index is 0.0530. The molecule has 0 aromatic heterocycles. The fourth-order valence-corrected chi connectivity index (χ4v) is 1.72. The van der Waals surface area contributed by atoms with Gasteiger partial charge in [0.2, 0.25) is 0 Å². The Balaban J connectivity index is 2.40. The molecule has 1 rings (SSSR count). The van der Waals surface area contributed by atoms with Crippen molar-refractivity contribution in [1.29, 1.82) is 0 Å². The van der Waals surface area contributed by atoms with Crippen LogP contribution in [0.15, 0.2) is 30.3 Å². The molecule has 0 aliphatic rings. The van der Waals surface area contributed by atoms with Gasteiger partial charge in [0, 0.05) is 0 Å². The van der Waals surface area contributed by atoms with E-state index in [9.17, 15) is 4.79 Å². The summed E-state index contributed by atoms with van der Waals surface area (Å²) in [5.41, 5.74) is 6.29. The van der Waals surface area contributed by atoms with Gasteiger partial charge in [0.05, 0.1) is 0 Å². The zero-order valence-corrected chi connectivity index (χ0v) is 9.69. The van der Waals surface area contributed by atoms with Crippen molar-refractivity contribution in [1.82, 2.24) is 0 Å². The second-order valence-corrected chi connectivity index (χ2v) is 3.87. The van der Waals surface area contributed by atoms with Crippen molar-refractivity contribution in [3.63, 3.8) is 0 Å². The third-order valence-corrected chi connectivity index (χ3v) is 2.49. The Kier molecular flexibility index (Phi) is 5.40. The molecule has 0 radical (unpaired) electrons. The fourth-order valence-electron chi connectivity index (χ4n) is 1.72. The van der Waals surface area contributed by atoms with Crippen LogP contribution in [0.2, 0.25) is 0 Å². The third-order valence-electron chi connectivity index (χ3n) is 2.49. The Labute approximate surface area is 96.6 Å². The molecule has 0 aliphatic heterocycles. The van der Waals surface area contributed by atoms with Gasteiger partial charge in [0.1, 0.15) is 6.10 Å². The minimum atomic E-state index is -0.675. The zero-order chi connectivity index (χ0) is 11.8. The molecule has 88 valence electrons. The van der Waals surface area contributed by atoms with Crippen molar-refractivity contribution in [2.75, 3.05) is 0 Å². The van der Waals surface area contributed by atoms with Gasteiger partial charge in [-0.25, -0.2) is 4.79 Å². The number of primary amides is 1. The molecule has 1 aromatic carbocycles. The van der Waals surface area contributed by atoms with E-state index in [1.54, 1.807) is 0 Å². The van der Waals surface area contributed by atoms with Crippen LogP contribution in [0.5, 0.6) is 0 Å². The molecule has 3 nitrogen and oxygen atoms in total. The summed E-state index contributed by atoms with van der Waals surface area (Å²) in [5.74, 6) is 0. The van der Waals surface area contributed by atoms with Crippen molar-refractivity contribution >= 4 is 6.09 Å². The lowest BCUT2D eigenvalue weighted by atomic mass is 10.0. The summed E-state index contributed by atoms with van der Waals surface area (Å²) < 4.78 is 5.05. The monoisotopic (exact) mass is 221 g/mol. The Bertz CT molecular complexity index is 311. The highest BCUT2D eigenvalue weighted by Crippen LogP contribution is 2.11. The number of aryl methyl sites for hydroxylation is 1. The molecular formula is C13H19NO2. The van der Waals surface area contributed by atoms with E-state index in [4.69, 9.17) is 10.5 Å². The number of hydrogen-bond donors (Lipinski definition) is 1. The lowest BCUT2D eigenvalue weighted by molar-refractivity contribution is 0.0955. The van der Waals surface area contributed by atoms with E-state index in [1.807, 2.05) is 18.2 Å². The summed E-state index contributed by atoms with van der Waals surface area (Å²) in [6.07, 6.45) is 2.89. The Morgan fingerprint density at radius 2 is 2.00 bits per heavy atom. The number of hydrogen-bond acceptors (Lipinski definition) is 2. The van der Waals surface area contributed by atoms with Crippen LogP contribution in [0.25, 0.3) is 0 Å². The topological polar surface area (TPSA) is 52.3 Å². The van der Waals surface area contributed by atoms with Crippen molar-refractivity contribution in [2.24, 2.45) is 5.73 Å². The largest absolute Gasteiger partial charge is 0.446 e. The number of benzene rings is 1. The summed E-state index contributed by atoms with van der Waals surface area (Å²) >= 11 is 0. The summed E-state index contributed by atoms with van der Waals surface area (Å²) in [5, 5.41) is 0. The van der Waals surface area contributed by atoms with Gasteiger partial charge in [0.25, 0.3) is 0 Å². The number of rotatable bonds is 6. The average Bonchev–Trinajstić information content (AvgIpc) is 2.27. The molecule has 0 saturated heterocycles. The van der Waals surface area contributed by atoms with Crippen LogP contribution in [0.3, 0.4) is 0 Å². The minimum Gasteiger partial charge on any atom is -0.446 e. The normalized spacial score (nSPS) is 12.1. The van der Waals surface area contributed by atoms with Gasteiger partial charge in [-0.2, -0.15) is 0 Å². The van der Waals surface area contributed by atoms with Gasteiger partial charge in [0.15, 0.2) is 0 Å². The first-order valence-electron chi connectivity index (χ1n) is 5.72. The lowest BCUT2D eigenvalue weighted by Crippen LogP contribution is -2.23. The molecule has 0 aliphatic carbocycles. The van der Waals surface area contributed by atoms with E-state index < -0.39 is 6.09 Å². The highest BCUT2D eigenvalue weighted by molar-refractivity contribution is 5.64. The first-order valence-corrected chi connectivity index (χ1v) is 5.72. The molecule has 0 fully saturated rings. The maximum atomic E-state index is 10.7. The molecule has 0 bridgehead atoms. The summed E-state index contributed by atoms with van der Waals surface area (Å²) in [6, 6.07) is 10.2. The van der Waals surface area contributed by atoms with E-state index >= 15 is 0 Å². The highest BCUT2D eigenvalue weighted by atomic mass is 16.6. The molecule has 1 unspecified atom stereocenters. The standard InChI is InChI=1S/C13H19NO2/c1-2-6-12(16-13(14)15)10-9-11-7-4-3-5-8-11/h3-5,7-8,12H,2,6,9-10H2,1H3,(H2,14,15). The fraction of sp³-hybridized carbons (Fsp3) is 0.462. The average molecular weight is 221 g/mol. The van der Waals surface area contributed by atoms with Crippen LogP contribution in [-0.2, 0) is 11.2 Å². The van der Waals surface area contributed by atoms with Crippen molar-refractivity contribution < 1.29 is 9.53 Å². The van der Waals surface area contributed by atoms with Gasteiger partial charge in [-0.1, -0.05) is 43.7 Å².